The minimum absolute atomic E-state index is 0.00216. The Kier molecular flexibility index (Phi) is 27.0. The highest BCUT2D eigenvalue weighted by atomic mass is 16.5. The van der Waals surface area contributed by atoms with Gasteiger partial charge in [-0.2, -0.15) is 0 Å². The summed E-state index contributed by atoms with van der Waals surface area (Å²) in [4.78, 5) is 133. The van der Waals surface area contributed by atoms with E-state index in [1.807, 2.05) is 49.4 Å². The Morgan fingerprint density at radius 3 is 2.12 bits per heavy atom. The molecule has 4 aromatic rings. The summed E-state index contributed by atoms with van der Waals surface area (Å²) in [6, 6.07) is 18.8. The third-order valence-corrected chi connectivity index (χ3v) is 16.6. The number of piperidine rings is 1. The topological polar surface area (TPSA) is 255 Å². The lowest BCUT2D eigenvalue weighted by molar-refractivity contribution is -0.165. The first-order valence-electron chi connectivity index (χ1n) is 31.7. The molecule has 1 saturated heterocycles. The van der Waals surface area contributed by atoms with E-state index in [0.29, 0.717) is 85.4 Å². The summed E-state index contributed by atoms with van der Waals surface area (Å²) in [6.45, 7) is 9.16. The average molecular weight is 1280 g/mol. The molecular formula is C70H94N6O16. The van der Waals surface area contributed by atoms with Crippen molar-refractivity contribution in [3.05, 3.63) is 108 Å². The minimum atomic E-state index is -1.48. The Morgan fingerprint density at radius 1 is 0.707 bits per heavy atom. The normalized spacial score (nSPS) is 21.7. The minimum Gasteiger partial charge on any atom is -0.496 e. The molecule has 2 N–H and O–H groups in total. The fraction of sp³-hybridized carbons (Fsp3) is 0.529. The van der Waals surface area contributed by atoms with Gasteiger partial charge in [0.2, 0.25) is 29.4 Å². The Labute approximate surface area is 540 Å². The number of hydrogen-bond acceptors (Lipinski definition) is 16. The number of likely N-dealkylation sites (N-methyl/N-ethyl adjacent to an activating group) is 3. The van der Waals surface area contributed by atoms with Crippen molar-refractivity contribution in [2.24, 2.45) is 5.41 Å². The van der Waals surface area contributed by atoms with Gasteiger partial charge in [-0.05, 0) is 138 Å². The first-order valence-corrected chi connectivity index (χ1v) is 31.7. The van der Waals surface area contributed by atoms with Crippen molar-refractivity contribution in [3.8, 4) is 23.0 Å². The molecule has 0 aliphatic carbocycles. The zero-order valence-corrected chi connectivity index (χ0v) is 55.6. The number of cyclic esters (lactones) is 2. The Bertz CT molecular complexity index is 3270. The first-order chi connectivity index (χ1) is 43.8. The molecule has 22 nitrogen and oxygen atoms in total. The third kappa shape index (κ3) is 20.5. The van der Waals surface area contributed by atoms with Crippen LogP contribution in [0.5, 0.6) is 23.0 Å². The van der Waals surface area contributed by atoms with Crippen LogP contribution in [0.25, 0.3) is 10.8 Å². The molecule has 2 aliphatic heterocycles. The van der Waals surface area contributed by atoms with E-state index in [1.54, 1.807) is 70.3 Å². The molecule has 4 aromatic carbocycles. The molecule has 2 bridgehead atoms. The van der Waals surface area contributed by atoms with E-state index in [9.17, 15) is 38.4 Å². The molecular weight excluding hydrogens is 1180 g/mol. The number of nitrogens with zero attached hydrogens (tertiary/aromatic N) is 4. The van der Waals surface area contributed by atoms with Crippen molar-refractivity contribution < 1.29 is 76.3 Å². The molecule has 22 heteroatoms. The summed E-state index contributed by atoms with van der Waals surface area (Å²) in [5.41, 5.74) is -0.340. The van der Waals surface area contributed by atoms with E-state index >= 15 is 4.79 Å². The lowest BCUT2D eigenvalue weighted by Gasteiger charge is -2.36. The number of benzene rings is 4. The van der Waals surface area contributed by atoms with Gasteiger partial charge in [-0.15, -0.1) is 0 Å². The summed E-state index contributed by atoms with van der Waals surface area (Å²) in [7, 11) is 9.07. The van der Waals surface area contributed by atoms with Crippen LogP contribution in [-0.4, -0.2) is 184 Å². The van der Waals surface area contributed by atoms with Crippen molar-refractivity contribution in [3.63, 3.8) is 0 Å². The van der Waals surface area contributed by atoms with Gasteiger partial charge in [-0.1, -0.05) is 80.4 Å². The molecule has 6 rings (SSSR count). The van der Waals surface area contributed by atoms with E-state index in [-0.39, 0.29) is 51.0 Å². The number of allylic oxidation sites excluding steroid dienone is 1. The fourth-order valence-corrected chi connectivity index (χ4v) is 10.9. The molecule has 2 aliphatic rings. The number of ether oxygens (including phenoxy) is 7. The second kappa shape index (κ2) is 34.2. The van der Waals surface area contributed by atoms with Gasteiger partial charge in [0.1, 0.15) is 48.4 Å². The molecule has 2 heterocycles. The van der Waals surface area contributed by atoms with Gasteiger partial charge in [-0.3, -0.25) is 33.6 Å². The predicted octanol–water partition coefficient (Wildman–Crippen LogP) is 7.68. The molecule has 0 aromatic heterocycles. The summed E-state index contributed by atoms with van der Waals surface area (Å²) in [5.74, 6) is -4.54. The Hall–Kier alpha value is -8.53. The second-order valence-electron chi connectivity index (χ2n) is 25.1. The SMILES string of the molecule is CCCC[C@H]1C(=O)N[C@@H](Cc2ccc3ccccc3c2)C(=O)N(C)[C@@H](COC(C)(C)C)C(=O)NCC(=O)N(C)CCCC/C=C/C(=O)OCC(C)(C)C(=O)C(=O)N2CCCC[C@H]2C(=O)O[C@H](CCc2cc(OC)c(OC)cc2OC)c2cccc(c2)OCC(=O)N1C. The lowest BCUT2D eigenvalue weighted by atomic mass is 9.87. The van der Waals surface area contributed by atoms with Gasteiger partial charge >= 0.3 is 11.9 Å². The van der Waals surface area contributed by atoms with Crippen LogP contribution in [-0.2, 0) is 70.2 Å². The molecule has 0 spiro atoms. The highest BCUT2D eigenvalue weighted by Crippen LogP contribution is 2.38. The van der Waals surface area contributed by atoms with Crippen LogP contribution in [0, 0.1) is 5.41 Å². The van der Waals surface area contributed by atoms with Crippen LogP contribution >= 0.6 is 0 Å². The summed E-state index contributed by atoms with van der Waals surface area (Å²) < 4.78 is 41.1. The van der Waals surface area contributed by atoms with E-state index < -0.39 is 114 Å². The number of carbonyl (C=O) groups is 9. The standard InChI is InChI=1S/C70H94N6O16/c1-13-14-28-53-65(82)72-52(38-46-31-32-47-24-18-19-25-48(47)37-46)66(83)75(9)55(43-91-69(2,3)4)64(81)71-42-60(77)73(7)35-21-16-15-17-30-62(79)90-45-70(5,6)63(80)67(84)76-36-22-20-29-54(76)68(85)92-56(49-26-23-27-51(39-49)89-44-61(78)74(53)8)34-33-50-40-58(87-11)59(88-12)41-57(50)86-10/h17-19,23-27,30-32,37,39-41,52-56H,13-16,20-22,28-29,33-36,38,42-45H2,1-12H3,(H,71,81)(H,72,82)/b30-17+/t52-,53-,54-,55-,56+/m0/s1. The maximum absolute atomic E-state index is 15.1. The number of hydrogen-bond donors (Lipinski definition) is 2. The highest BCUT2D eigenvalue weighted by molar-refractivity contribution is 6.38. The third-order valence-electron chi connectivity index (χ3n) is 16.6. The van der Waals surface area contributed by atoms with E-state index in [4.69, 9.17) is 33.2 Å². The number of fused-ring (bicyclic) bond motifs is 4. The largest absolute Gasteiger partial charge is 0.496 e. The van der Waals surface area contributed by atoms with Crippen molar-refractivity contribution in [1.82, 2.24) is 30.2 Å². The number of rotatable bonds is 13. The smallest absolute Gasteiger partial charge is 0.330 e. The van der Waals surface area contributed by atoms with Crippen LogP contribution in [0.15, 0.2) is 91.0 Å². The van der Waals surface area contributed by atoms with E-state index in [0.717, 1.165) is 10.8 Å². The number of esters is 2. The van der Waals surface area contributed by atoms with Crippen LogP contribution < -0.4 is 29.6 Å². The van der Waals surface area contributed by atoms with Crippen LogP contribution in [0.2, 0.25) is 0 Å². The molecule has 0 radical (unpaired) electrons. The number of carbonyl (C=O) groups excluding carboxylic acids is 9. The van der Waals surface area contributed by atoms with Crippen LogP contribution in [0.1, 0.15) is 129 Å². The van der Waals surface area contributed by atoms with Gasteiger partial charge in [0.05, 0.1) is 45.5 Å². The monoisotopic (exact) mass is 1270 g/mol. The molecule has 1 fully saturated rings. The summed E-state index contributed by atoms with van der Waals surface area (Å²) in [5, 5.41) is 7.56. The van der Waals surface area contributed by atoms with Crippen LogP contribution in [0.4, 0.5) is 0 Å². The number of amides is 6. The van der Waals surface area contributed by atoms with E-state index in [1.165, 1.54) is 74.9 Å². The number of aryl methyl sites for hydroxylation is 1. The molecule has 0 saturated carbocycles. The summed E-state index contributed by atoms with van der Waals surface area (Å²) >= 11 is 0. The zero-order chi connectivity index (χ0) is 67.3. The van der Waals surface area contributed by atoms with Crippen LogP contribution in [0.3, 0.4) is 0 Å². The molecule has 6 amide bonds. The lowest BCUT2D eigenvalue weighted by Crippen LogP contribution is -2.59. The molecule has 5 atom stereocenters. The molecule has 500 valence electrons. The van der Waals surface area contributed by atoms with E-state index in [2.05, 4.69) is 10.6 Å². The fourth-order valence-electron chi connectivity index (χ4n) is 10.9. The number of nitrogens with one attached hydrogen (secondary N) is 2. The van der Waals surface area contributed by atoms with Gasteiger partial charge < -0.3 is 63.4 Å². The van der Waals surface area contributed by atoms with Crippen molar-refractivity contribution in [2.75, 3.05) is 81.9 Å². The predicted molar refractivity (Wildman–Crippen MR) is 346 cm³/mol. The van der Waals surface area contributed by atoms with Gasteiger partial charge in [0.25, 0.3) is 11.8 Å². The first kappa shape index (κ1) is 72.5. The van der Waals surface area contributed by atoms with Gasteiger partial charge in [0.15, 0.2) is 18.1 Å². The molecule has 92 heavy (non-hydrogen) atoms. The molecule has 0 unspecified atom stereocenters. The average Bonchev–Trinajstić information content (AvgIpc) is 0.955. The quantitative estimate of drug-likeness (QED) is 0.0961. The van der Waals surface area contributed by atoms with Gasteiger partial charge in [0, 0.05) is 52.8 Å². The van der Waals surface area contributed by atoms with Crippen molar-refractivity contribution >= 4 is 63.9 Å². The number of methoxy groups -OCH3 is 3. The number of Topliss-reactive ketones (excluding diaryl/α,β-unsaturated/α-hetero) is 1. The Balaban J connectivity index is 1.35. The van der Waals surface area contributed by atoms with Crippen molar-refractivity contribution in [1.29, 1.82) is 0 Å². The number of ketones is 1. The maximum Gasteiger partial charge on any atom is 0.330 e. The number of unbranched alkanes of at least 4 members (excludes halogenated alkanes) is 1. The zero-order valence-electron chi connectivity index (χ0n) is 55.6. The summed E-state index contributed by atoms with van der Waals surface area (Å²) in [6.07, 6.45) is 6.57. The Morgan fingerprint density at radius 2 is 1.41 bits per heavy atom. The van der Waals surface area contributed by atoms with Crippen molar-refractivity contribution in [2.45, 2.75) is 154 Å². The maximum atomic E-state index is 15.1. The highest BCUT2D eigenvalue weighted by Gasteiger charge is 2.43. The second-order valence-corrected chi connectivity index (χ2v) is 25.1. The van der Waals surface area contributed by atoms with Gasteiger partial charge in [-0.25, -0.2) is 9.59 Å².